The van der Waals surface area contributed by atoms with Crippen LogP contribution in [-0.2, 0) is 4.79 Å². The number of fused-ring (bicyclic) bond motifs is 1. The number of para-hydroxylation sites is 1. The molecular weight excluding hydrogens is 358 g/mol. The molecule has 1 aliphatic rings. The van der Waals surface area contributed by atoms with E-state index < -0.39 is 12.1 Å². The van der Waals surface area contributed by atoms with Gasteiger partial charge in [-0.05, 0) is 17.7 Å². The topological polar surface area (TPSA) is 55.4 Å². The lowest BCUT2D eigenvalue weighted by Gasteiger charge is -2.33. The Bertz CT molecular complexity index is 717. The summed E-state index contributed by atoms with van der Waals surface area (Å²) in [5.74, 6) is 0.255. The third-order valence-electron chi connectivity index (χ3n) is 3.76. The van der Waals surface area contributed by atoms with Crippen LogP contribution in [0.2, 0.25) is 0 Å². The van der Waals surface area contributed by atoms with Crippen LogP contribution in [0.5, 0.6) is 5.75 Å². The number of nitrogens with one attached hydrogen (secondary N) is 1. The van der Waals surface area contributed by atoms with Crippen molar-refractivity contribution in [1.29, 1.82) is 0 Å². The molecule has 0 fully saturated rings. The maximum atomic E-state index is 12.8. The number of rotatable bonds is 4. The number of alkyl halides is 1. The Kier molecular flexibility index (Phi) is 4.76. The molecule has 0 bridgehead atoms. The molecule has 0 saturated carbocycles. The van der Waals surface area contributed by atoms with Crippen molar-refractivity contribution in [3.63, 3.8) is 0 Å². The fourth-order valence-electron chi connectivity index (χ4n) is 2.66. The number of hydrogen-bond acceptors (Lipinski definition) is 3. The van der Waals surface area contributed by atoms with Gasteiger partial charge in [0.1, 0.15) is 11.8 Å². The number of halogens is 1. The third-order valence-corrected chi connectivity index (χ3v) is 4.15. The Morgan fingerprint density at radius 2 is 1.78 bits per heavy atom. The van der Waals surface area contributed by atoms with Gasteiger partial charge in [-0.15, -0.1) is 0 Å². The Balaban J connectivity index is 1.97. The molecule has 0 unspecified atom stereocenters. The molecule has 2 atom stereocenters. The maximum Gasteiger partial charge on any atom is 0.221 e. The van der Waals surface area contributed by atoms with Crippen LogP contribution in [0.3, 0.4) is 0 Å². The summed E-state index contributed by atoms with van der Waals surface area (Å²) in [7, 11) is 0. The number of carbonyl (C=O) groups excluding carboxylic acids is 2. The Morgan fingerprint density at radius 1 is 1.09 bits per heavy atom. The van der Waals surface area contributed by atoms with Crippen molar-refractivity contribution >= 4 is 27.6 Å². The highest BCUT2D eigenvalue weighted by Crippen LogP contribution is 2.35. The van der Waals surface area contributed by atoms with Gasteiger partial charge in [-0.3, -0.25) is 9.59 Å². The van der Waals surface area contributed by atoms with Gasteiger partial charge in [0.05, 0.1) is 5.56 Å². The molecule has 5 heteroatoms. The molecule has 0 saturated heterocycles. The van der Waals surface area contributed by atoms with Gasteiger partial charge in [0.2, 0.25) is 5.91 Å². The third kappa shape index (κ3) is 3.29. The highest BCUT2D eigenvalue weighted by Gasteiger charge is 2.38. The van der Waals surface area contributed by atoms with Gasteiger partial charge in [0.25, 0.3) is 0 Å². The summed E-state index contributed by atoms with van der Waals surface area (Å²) in [6, 6.07) is 15.9. The molecule has 1 amide bonds. The number of hydrogen-bond donors (Lipinski definition) is 1. The van der Waals surface area contributed by atoms with E-state index in [4.69, 9.17) is 4.74 Å². The summed E-state index contributed by atoms with van der Waals surface area (Å²) in [5.41, 5.74) is 1.36. The fraction of sp³-hybridized carbons (Fsp3) is 0.222. The molecule has 118 valence electrons. The predicted molar refractivity (Wildman–Crippen MR) is 90.9 cm³/mol. The summed E-state index contributed by atoms with van der Waals surface area (Å²) in [5, 5.41) is 3.36. The first-order chi connectivity index (χ1) is 11.2. The quantitative estimate of drug-likeness (QED) is 0.836. The minimum Gasteiger partial charge on any atom is -0.482 e. The second kappa shape index (κ2) is 6.96. The first kappa shape index (κ1) is 15.7. The van der Waals surface area contributed by atoms with Crippen molar-refractivity contribution in [2.75, 3.05) is 5.33 Å². The molecule has 2 aromatic carbocycles. The van der Waals surface area contributed by atoms with Crippen molar-refractivity contribution in [3.8, 4) is 5.75 Å². The van der Waals surface area contributed by atoms with Crippen LogP contribution in [0.15, 0.2) is 54.6 Å². The van der Waals surface area contributed by atoms with Crippen LogP contribution < -0.4 is 10.1 Å². The number of benzene rings is 2. The number of carbonyl (C=O) groups is 2. The van der Waals surface area contributed by atoms with E-state index in [9.17, 15) is 9.59 Å². The zero-order valence-corrected chi connectivity index (χ0v) is 14.0. The van der Waals surface area contributed by atoms with Gasteiger partial charge >= 0.3 is 0 Å². The normalized spacial score (nSPS) is 19.6. The van der Waals surface area contributed by atoms with Gasteiger partial charge in [-0.1, -0.05) is 58.4 Å². The van der Waals surface area contributed by atoms with Gasteiger partial charge in [0.15, 0.2) is 11.9 Å². The van der Waals surface area contributed by atoms with Gasteiger partial charge < -0.3 is 10.1 Å². The Labute approximate surface area is 143 Å². The van der Waals surface area contributed by atoms with Crippen LogP contribution in [0.4, 0.5) is 0 Å². The van der Waals surface area contributed by atoms with Gasteiger partial charge in [0, 0.05) is 11.8 Å². The molecule has 1 N–H and O–H groups in total. The SMILES string of the molecule is O=C(CCBr)N[C@@H]1C(=O)c2ccccc2O[C@H]1c1ccccc1. The van der Waals surface area contributed by atoms with E-state index in [0.717, 1.165) is 5.56 Å². The zero-order chi connectivity index (χ0) is 16.2. The van der Waals surface area contributed by atoms with Crippen LogP contribution in [0.25, 0.3) is 0 Å². The number of Topliss-reactive ketones (excluding diaryl/α,β-unsaturated/α-hetero) is 1. The molecule has 0 spiro atoms. The van der Waals surface area contributed by atoms with Crippen LogP contribution in [0.1, 0.15) is 28.4 Å². The minimum absolute atomic E-state index is 0.122. The Morgan fingerprint density at radius 3 is 2.52 bits per heavy atom. The highest BCUT2D eigenvalue weighted by atomic mass is 79.9. The fourth-order valence-corrected chi connectivity index (χ4v) is 3.02. The summed E-state index contributed by atoms with van der Waals surface area (Å²) in [6.07, 6.45) is -0.217. The molecular formula is C18H16BrNO3. The number of ketones is 1. The van der Waals surface area contributed by atoms with Gasteiger partial charge in [-0.25, -0.2) is 0 Å². The molecule has 0 aromatic heterocycles. The molecule has 4 nitrogen and oxygen atoms in total. The lowest BCUT2D eigenvalue weighted by Crippen LogP contribution is -2.49. The van der Waals surface area contributed by atoms with E-state index in [1.54, 1.807) is 18.2 Å². The largest absolute Gasteiger partial charge is 0.482 e. The minimum atomic E-state index is -0.723. The average molecular weight is 374 g/mol. The van der Waals surface area contributed by atoms with E-state index in [1.165, 1.54) is 0 Å². The van der Waals surface area contributed by atoms with E-state index in [2.05, 4.69) is 21.2 Å². The van der Waals surface area contributed by atoms with E-state index in [-0.39, 0.29) is 11.7 Å². The zero-order valence-electron chi connectivity index (χ0n) is 12.4. The summed E-state index contributed by atoms with van der Waals surface area (Å²) >= 11 is 3.24. The van der Waals surface area contributed by atoms with Crippen molar-refractivity contribution in [3.05, 3.63) is 65.7 Å². The monoisotopic (exact) mass is 373 g/mol. The second-order valence-electron chi connectivity index (χ2n) is 5.29. The van der Waals surface area contributed by atoms with Gasteiger partial charge in [-0.2, -0.15) is 0 Å². The summed E-state index contributed by atoms with van der Waals surface area (Å²) < 4.78 is 6.03. The van der Waals surface area contributed by atoms with Crippen molar-refractivity contribution < 1.29 is 14.3 Å². The van der Waals surface area contributed by atoms with Crippen LogP contribution in [-0.4, -0.2) is 23.1 Å². The number of ether oxygens (including phenoxy) is 1. The molecule has 2 aromatic rings. The van der Waals surface area contributed by atoms with Crippen molar-refractivity contribution in [2.24, 2.45) is 0 Å². The van der Waals surface area contributed by atoms with Crippen molar-refractivity contribution in [1.82, 2.24) is 5.32 Å². The lowest BCUT2D eigenvalue weighted by molar-refractivity contribution is -0.121. The molecule has 0 aliphatic carbocycles. The molecule has 3 rings (SSSR count). The first-order valence-electron chi connectivity index (χ1n) is 7.41. The van der Waals surface area contributed by atoms with E-state index in [0.29, 0.717) is 23.1 Å². The Hall–Kier alpha value is -2.14. The standard InChI is InChI=1S/C18H16BrNO3/c19-11-10-15(21)20-16-17(22)13-8-4-5-9-14(13)23-18(16)12-6-2-1-3-7-12/h1-9,16,18H,10-11H2,(H,20,21)/t16-,18+/m1/s1. The predicted octanol–water partition coefficient (Wildman–Crippen LogP) is 3.27. The lowest BCUT2D eigenvalue weighted by atomic mass is 9.91. The summed E-state index contributed by atoms with van der Waals surface area (Å²) in [4.78, 5) is 24.8. The highest BCUT2D eigenvalue weighted by molar-refractivity contribution is 9.09. The second-order valence-corrected chi connectivity index (χ2v) is 6.09. The molecule has 0 radical (unpaired) electrons. The number of amides is 1. The summed E-state index contributed by atoms with van der Waals surface area (Å²) in [6.45, 7) is 0. The van der Waals surface area contributed by atoms with Crippen LogP contribution in [0, 0.1) is 0 Å². The molecule has 23 heavy (non-hydrogen) atoms. The van der Waals surface area contributed by atoms with E-state index >= 15 is 0 Å². The van der Waals surface area contributed by atoms with Crippen molar-refractivity contribution in [2.45, 2.75) is 18.6 Å². The smallest absolute Gasteiger partial charge is 0.221 e. The molecule has 1 heterocycles. The van der Waals surface area contributed by atoms with E-state index in [1.807, 2.05) is 36.4 Å². The molecule has 1 aliphatic heterocycles. The first-order valence-corrected chi connectivity index (χ1v) is 8.53. The maximum absolute atomic E-state index is 12.8. The average Bonchev–Trinajstić information content (AvgIpc) is 2.58. The van der Waals surface area contributed by atoms with Crippen LogP contribution >= 0.6 is 15.9 Å².